The Bertz CT molecular complexity index is 613. The van der Waals surface area contributed by atoms with Crippen LogP contribution >= 0.6 is 0 Å². The summed E-state index contributed by atoms with van der Waals surface area (Å²) in [4.78, 5) is 12.0. The number of rotatable bonds is 5. The first-order valence-electron chi connectivity index (χ1n) is 6.38. The summed E-state index contributed by atoms with van der Waals surface area (Å²) in [6.07, 6.45) is 0. The second kappa shape index (κ2) is 6.74. The van der Waals surface area contributed by atoms with Gasteiger partial charge < -0.3 is 14.8 Å². The summed E-state index contributed by atoms with van der Waals surface area (Å²) in [5.74, 6) is -0.133. The van der Waals surface area contributed by atoms with Crippen LogP contribution in [0, 0.1) is 5.82 Å². The van der Waals surface area contributed by atoms with Gasteiger partial charge in [0.1, 0.15) is 11.6 Å². The van der Waals surface area contributed by atoms with Crippen LogP contribution in [-0.2, 0) is 9.53 Å². The molecule has 2 aromatic rings. The largest absolute Gasteiger partial charge is 0.497 e. The lowest BCUT2D eigenvalue weighted by molar-refractivity contribution is -0.141. The zero-order valence-electron chi connectivity index (χ0n) is 11.8. The van der Waals surface area contributed by atoms with Crippen LogP contribution < -0.4 is 10.1 Å². The Hall–Kier alpha value is -2.56. The summed E-state index contributed by atoms with van der Waals surface area (Å²) in [5, 5.41) is 3.03. The standard InChI is InChI=1S/C16H16FNO3/c1-20-14-5-3-4-11(10-14)15(16(19)21-2)18-13-8-6-12(17)7-9-13/h3-10,15,18H,1-2H3. The molecule has 0 heterocycles. The highest BCUT2D eigenvalue weighted by atomic mass is 19.1. The van der Waals surface area contributed by atoms with E-state index in [9.17, 15) is 9.18 Å². The molecule has 0 saturated heterocycles. The summed E-state index contributed by atoms with van der Waals surface area (Å²) in [6.45, 7) is 0. The number of methoxy groups -OCH3 is 2. The third kappa shape index (κ3) is 3.72. The highest BCUT2D eigenvalue weighted by Gasteiger charge is 2.21. The molecule has 0 aliphatic carbocycles. The van der Waals surface area contributed by atoms with E-state index in [4.69, 9.17) is 9.47 Å². The van der Waals surface area contributed by atoms with E-state index >= 15 is 0 Å². The van der Waals surface area contributed by atoms with Crippen LogP contribution in [0.4, 0.5) is 10.1 Å². The Morgan fingerprint density at radius 3 is 2.48 bits per heavy atom. The van der Waals surface area contributed by atoms with Crippen molar-refractivity contribution in [3.05, 3.63) is 59.9 Å². The minimum absolute atomic E-state index is 0.337. The Labute approximate surface area is 122 Å². The van der Waals surface area contributed by atoms with Crippen molar-refractivity contribution in [2.24, 2.45) is 0 Å². The van der Waals surface area contributed by atoms with Gasteiger partial charge in [-0.05, 0) is 42.0 Å². The molecule has 1 N–H and O–H groups in total. The van der Waals surface area contributed by atoms with E-state index < -0.39 is 12.0 Å². The number of carbonyl (C=O) groups is 1. The van der Waals surface area contributed by atoms with E-state index in [1.54, 1.807) is 43.5 Å². The lowest BCUT2D eigenvalue weighted by Crippen LogP contribution is -2.22. The number of hydrogen-bond donors (Lipinski definition) is 1. The van der Waals surface area contributed by atoms with Gasteiger partial charge in [-0.2, -0.15) is 0 Å². The first-order valence-corrected chi connectivity index (χ1v) is 6.38. The van der Waals surface area contributed by atoms with Crippen LogP contribution in [0.5, 0.6) is 5.75 Å². The average Bonchev–Trinajstić information content (AvgIpc) is 2.53. The molecule has 0 aromatic heterocycles. The fraction of sp³-hybridized carbons (Fsp3) is 0.188. The highest BCUT2D eigenvalue weighted by molar-refractivity contribution is 5.81. The van der Waals surface area contributed by atoms with Gasteiger partial charge >= 0.3 is 5.97 Å². The number of nitrogens with one attached hydrogen (secondary N) is 1. The lowest BCUT2D eigenvalue weighted by atomic mass is 10.1. The van der Waals surface area contributed by atoms with Crippen molar-refractivity contribution in [3.8, 4) is 5.75 Å². The topological polar surface area (TPSA) is 47.6 Å². The van der Waals surface area contributed by atoms with Crippen LogP contribution in [-0.4, -0.2) is 20.2 Å². The van der Waals surface area contributed by atoms with E-state index in [0.29, 0.717) is 17.0 Å². The van der Waals surface area contributed by atoms with E-state index in [-0.39, 0.29) is 5.82 Å². The normalized spacial score (nSPS) is 11.6. The van der Waals surface area contributed by atoms with Gasteiger partial charge in [0.05, 0.1) is 14.2 Å². The average molecular weight is 289 g/mol. The number of ether oxygens (including phenoxy) is 2. The molecule has 0 aliphatic rings. The SMILES string of the molecule is COC(=O)C(Nc1ccc(F)cc1)c1cccc(OC)c1. The molecule has 0 fully saturated rings. The number of carbonyl (C=O) groups excluding carboxylic acids is 1. The van der Waals surface area contributed by atoms with Crippen LogP contribution in [0.15, 0.2) is 48.5 Å². The Kier molecular flexibility index (Phi) is 4.77. The van der Waals surface area contributed by atoms with Crippen molar-refractivity contribution >= 4 is 11.7 Å². The first kappa shape index (κ1) is 14.8. The van der Waals surface area contributed by atoms with Gasteiger partial charge in [0.2, 0.25) is 0 Å². The fourth-order valence-corrected chi connectivity index (χ4v) is 1.93. The molecule has 4 nitrogen and oxygen atoms in total. The predicted molar refractivity (Wildman–Crippen MR) is 77.8 cm³/mol. The van der Waals surface area contributed by atoms with Crippen LogP contribution in [0.2, 0.25) is 0 Å². The lowest BCUT2D eigenvalue weighted by Gasteiger charge is -2.18. The number of benzene rings is 2. The number of halogens is 1. The minimum atomic E-state index is -0.699. The molecule has 0 saturated carbocycles. The molecular formula is C16H16FNO3. The zero-order chi connectivity index (χ0) is 15.2. The Morgan fingerprint density at radius 1 is 1.14 bits per heavy atom. The third-order valence-electron chi connectivity index (χ3n) is 3.02. The molecule has 0 radical (unpaired) electrons. The van der Waals surface area contributed by atoms with E-state index in [1.165, 1.54) is 19.2 Å². The van der Waals surface area contributed by atoms with Crippen molar-refractivity contribution in [2.45, 2.75) is 6.04 Å². The van der Waals surface area contributed by atoms with Gasteiger partial charge in [-0.15, -0.1) is 0 Å². The van der Waals surface area contributed by atoms with Gasteiger partial charge in [0.25, 0.3) is 0 Å². The van der Waals surface area contributed by atoms with Gasteiger partial charge in [0.15, 0.2) is 6.04 Å². The number of anilines is 1. The monoisotopic (exact) mass is 289 g/mol. The van der Waals surface area contributed by atoms with Crippen molar-refractivity contribution < 1.29 is 18.7 Å². The molecule has 0 aliphatic heterocycles. The molecule has 110 valence electrons. The second-order valence-electron chi connectivity index (χ2n) is 4.38. The molecule has 2 aromatic carbocycles. The van der Waals surface area contributed by atoms with Crippen LogP contribution in [0.1, 0.15) is 11.6 Å². The number of hydrogen-bond acceptors (Lipinski definition) is 4. The fourth-order valence-electron chi connectivity index (χ4n) is 1.93. The molecule has 2 rings (SSSR count). The highest BCUT2D eigenvalue weighted by Crippen LogP contribution is 2.24. The summed E-state index contributed by atoms with van der Waals surface area (Å²) < 4.78 is 22.9. The minimum Gasteiger partial charge on any atom is -0.497 e. The molecule has 1 unspecified atom stereocenters. The van der Waals surface area contributed by atoms with Crippen LogP contribution in [0.3, 0.4) is 0 Å². The summed E-state index contributed by atoms with van der Waals surface area (Å²) in [6, 6.07) is 12.2. The number of esters is 1. The third-order valence-corrected chi connectivity index (χ3v) is 3.02. The van der Waals surface area contributed by atoms with Gasteiger partial charge in [-0.1, -0.05) is 12.1 Å². The Morgan fingerprint density at radius 2 is 1.86 bits per heavy atom. The van der Waals surface area contributed by atoms with E-state index in [1.807, 2.05) is 0 Å². The molecule has 0 spiro atoms. The zero-order valence-corrected chi connectivity index (χ0v) is 11.8. The molecule has 5 heteroatoms. The first-order chi connectivity index (χ1) is 10.1. The van der Waals surface area contributed by atoms with Crippen molar-refractivity contribution in [2.75, 3.05) is 19.5 Å². The second-order valence-corrected chi connectivity index (χ2v) is 4.38. The van der Waals surface area contributed by atoms with Gasteiger partial charge in [0, 0.05) is 5.69 Å². The van der Waals surface area contributed by atoms with Crippen LogP contribution in [0.25, 0.3) is 0 Å². The summed E-state index contributed by atoms with van der Waals surface area (Å²) >= 11 is 0. The molecular weight excluding hydrogens is 273 g/mol. The van der Waals surface area contributed by atoms with Gasteiger partial charge in [-0.25, -0.2) is 9.18 Å². The molecule has 21 heavy (non-hydrogen) atoms. The summed E-state index contributed by atoms with van der Waals surface area (Å²) in [7, 11) is 2.88. The smallest absolute Gasteiger partial charge is 0.332 e. The van der Waals surface area contributed by atoms with Crippen molar-refractivity contribution in [1.29, 1.82) is 0 Å². The summed E-state index contributed by atoms with van der Waals surface area (Å²) in [5.41, 5.74) is 1.32. The predicted octanol–water partition coefficient (Wildman–Crippen LogP) is 3.16. The van der Waals surface area contributed by atoms with Gasteiger partial charge in [-0.3, -0.25) is 0 Å². The van der Waals surface area contributed by atoms with Crippen molar-refractivity contribution in [3.63, 3.8) is 0 Å². The maximum Gasteiger partial charge on any atom is 0.332 e. The van der Waals surface area contributed by atoms with Crippen molar-refractivity contribution in [1.82, 2.24) is 0 Å². The quantitative estimate of drug-likeness (QED) is 0.859. The molecule has 1 atom stereocenters. The Balaban J connectivity index is 2.29. The maximum absolute atomic E-state index is 12.9. The van der Waals surface area contributed by atoms with E-state index in [2.05, 4.69) is 5.32 Å². The molecule has 0 amide bonds. The van der Waals surface area contributed by atoms with E-state index in [0.717, 1.165) is 0 Å². The maximum atomic E-state index is 12.9. The molecule has 0 bridgehead atoms.